The zero-order valence-corrected chi connectivity index (χ0v) is 5.16. The number of carboxylic acid groups (broad SMARTS) is 1. The van der Waals surface area contributed by atoms with Crippen molar-refractivity contribution in [1.82, 2.24) is 9.97 Å². The number of carbonyl (C=O) groups is 1. The lowest BCUT2D eigenvalue weighted by Gasteiger charge is -1.85. The number of hydrogen-bond acceptors (Lipinski definition) is 3. The Kier molecular flexibility index (Phi) is 1.57. The van der Waals surface area contributed by atoms with Crippen LogP contribution in [0.4, 0.5) is 5.82 Å². The monoisotopic (exact) mass is 141 g/mol. The van der Waals surface area contributed by atoms with E-state index in [9.17, 15) is 4.79 Å². The van der Waals surface area contributed by atoms with Crippen LogP contribution in [0.25, 0.3) is 0 Å². The van der Waals surface area contributed by atoms with E-state index in [1.807, 2.05) is 0 Å². The standard InChI is InChI=1S/C5H7N3O2/c6-3-2-7-4(8-3)1-5(9)10/h2H,1,6H2,(H,7,8)(H,9,10). The molecule has 1 heterocycles. The van der Waals surface area contributed by atoms with Gasteiger partial charge in [-0.3, -0.25) is 4.79 Å². The van der Waals surface area contributed by atoms with Crippen LogP contribution in [-0.4, -0.2) is 21.0 Å². The maximum absolute atomic E-state index is 10.1. The molecule has 0 aliphatic carbocycles. The third-order valence-electron chi connectivity index (χ3n) is 0.969. The van der Waals surface area contributed by atoms with E-state index >= 15 is 0 Å². The molecule has 10 heavy (non-hydrogen) atoms. The quantitative estimate of drug-likeness (QED) is 0.523. The van der Waals surface area contributed by atoms with Crippen molar-refractivity contribution in [1.29, 1.82) is 0 Å². The number of nitrogens with one attached hydrogen (secondary N) is 1. The Morgan fingerprint density at radius 3 is 3.00 bits per heavy atom. The van der Waals surface area contributed by atoms with Crippen LogP contribution in [0.3, 0.4) is 0 Å². The minimum absolute atomic E-state index is 0.114. The number of nitrogen functional groups attached to an aromatic ring is 1. The van der Waals surface area contributed by atoms with Crippen LogP contribution in [0.2, 0.25) is 0 Å². The molecule has 0 aliphatic heterocycles. The summed E-state index contributed by atoms with van der Waals surface area (Å²) >= 11 is 0. The van der Waals surface area contributed by atoms with Crippen LogP contribution in [0.1, 0.15) is 5.82 Å². The fourth-order valence-corrected chi connectivity index (χ4v) is 0.611. The zero-order chi connectivity index (χ0) is 7.56. The fraction of sp³-hybridized carbons (Fsp3) is 0.200. The summed E-state index contributed by atoms with van der Waals surface area (Å²) in [4.78, 5) is 16.4. The predicted molar refractivity (Wildman–Crippen MR) is 34.3 cm³/mol. The Morgan fingerprint density at radius 1 is 1.90 bits per heavy atom. The Hall–Kier alpha value is -1.52. The Bertz CT molecular complexity index is 243. The van der Waals surface area contributed by atoms with Crippen LogP contribution < -0.4 is 5.73 Å². The normalized spacial score (nSPS) is 9.60. The van der Waals surface area contributed by atoms with Crippen LogP contribution in [0.5, 0.6) is 0 Å². The van der Waals surface area contributed by atoms with Crippen molar-refractivity contribution in [2.45, 2.75) is 6.42 Å². The number of carboxylic acids is 1. The van der Waals surface area contributed by atoms with Gasteiger partial charge < -0.3 is 15.8 Å². The number of aliphatic carboxylic acids is 1. The van der Waals surface area contributed by atoms with Crippen molar-refractivity contribution in [3.8, 4) is 0 Å². The van der Waals surface area contributed by atoms with Crippen molar-refractivity contribution >= 4 is 11.8 Å². The van der Waals surface area contributed by atoms with Crippen molar-refractivity contribution in [3.05, 3.63) is 12.0 Å². The molecule has 0 atom stereocenters. The molecule has 0 aliphatic rings. The first kappa shape index (κ1) is 6.60. The molecule has 5 nitrogen and oxygen atoms in total. The highest BCUT2D eigenvalue weighted by molar-refractivity contribution is 5.69. The first-order valence-corrected chi connectivity index (χ1v) is 2.70. The molecular weight excluding hydrogens is 134 g/mol. The van der Waals surface area contributed by atoms with Gasteiger partial charge in [0.05, 0.1) is 0 Å². The largest absolute Gasteiger partial charge is 0.481 e. The van der Waals surface area contributed by atoms with Gasteiger partial charge >= 0.3 is 5.97 Å². The topological polar surface area (TPSA) is 92.0 Å². The molecule has 1 rings (SSSR count). The fourth-order valence-electron chi connectivity index (χ4n) is 0.611. The number of rotatable bonds is 2. The number of H-pyrrole nitrogens is 1. The SMILES string of the molecule is Nc1c[nH]c(CC(=O)O)n1. The summed E-state index contributed by atoms with van der Waals surface area (Å²) in [7, 11) is 0. The Balaban J connectivity index is 2.67. The minimum Gasteiger partial charge on any atom is -0.481 e. The van der Waals surface area contributed by atoms with Gasteiger partial charge in [-0.15, -0.1) is 0 Å². The van der Waals surface area contributed by atoms with Gasteiger partial charge in [-0.25, -0.2) is 4.98 Å². The van der Waals surface area contributed by atoms with Crippen molar-refractivity contribution in [2.75, 3.05) is 5.73 Å². The highest BCUT2D eigenvalue weighted by Gasteiger charge is 2.02. The van der Waals surface area contributed by atoms with Crippen LogP contribution >= 0.6 is 0 Å². The predicted octanol–water partition coefficient (Wildman–Crippen LogP) is -0.381. The average Bonchev–Trinajstić information content (AvgIpc) is 2.13. The van der Waals surface area contributed by atoms with Gasteiger partial charge in [0.2, 0.25) is 0 Å². The van der Waals surface area contributed by atoms with E-state index < -0.39 is 5.97 Å². The maximum Gasteiger partial charge on any atom is 0.311 e. The number of anilines is 1. The molecule has 0 saturated heterocycles. The number of hydrogen-bond donors (Lipinski definition) is 3. The number of nitrogens with two attached hydrogens (primary N) is 1. The molecule has 1 aromatic heterocycles. The molecule has 0 bridgehead atoms. The summed E-state index contributed by atoms with van der Waals surface area (Å²) in [5, 5.41) is 8.28. The average molecular weight is 141 g/mol. The molecule has 0 amide bonds. The number of imidazole rings is 1. The maximum atomic E-state index is 10.1. The molecule has 0 radical (unpaired) electrons. The van der Waals surface area contributed by atoms with E-state index in [0.717, 1.165) is 0 Å². The zero-order valence-electron chi connectivity index (χ0n) is 5.16. The third-order valence-corrected chi connectivity index (χ3v) is 0.969. The van der Waals surface area contributed by atoms with E-state index in [1.165, 1.54) is 6.20 Å². The van der Waals surface area contributed by atoms with Crippen LogP contribution in [0.15, 0.2) is 6.20 Å². The molecule has 0 aromatic carbocycles. The van der Waals surface area contributed by atoms with Gasteiger partial charge in [0.25, 0.3) is 0 Å². The van der Waals surface area contributed by atoms with Gasteiger partial charge in [0.15, 0.2) is 0 Å². The molecular formula is C5H7N3O2. The van der Waals surface area contributed by atoms with Crippen molar-refractivity contribution < 1.29 is 9.90 Å². The van der Waals surface area contributed by atoms with E-state index in [0.29, 0.717) is 11.6 Å². The van der Waals surface area contributed by atoms with E-state index in [1.54, 1.807) is 0 Å². The van der Waals surface area contributed by atoms with Crippen LogP contribution in [0, 0.1) is 0 Å². The number of nitrogens with zero attached hydrogens (tertiary/aromatic N) is 1. The van der Waals surface area contributed by atoms with Gasteiger partial charge in [-0.1, -0.05) is 0 Å². The lowest BCUT2D eigenvalue weighted by atomic mass is 10.4. The van der Waals surface area contributed by atoms with Gasteiger partial charge in [-0.2, -0.15) is 0 Å². The summed E-state index contributed by atoms with van der Waals surface area (Å²) in [6.45, 7) is 0. The molecule has 0 spiro atoms. The molecule has 54 valence electrons. The second kappa shape index (κ2) is 2.38. The lowest BCUT2D eigenvalue weighted by molar-refractivity contribution is -0.136. The molecule has 4 N–H and O–H groups in total. The Morgan fingerprint density at radius 2 is 2.60 bits per heavy atom. The van der Waals surface area contributed by atoms with Crippen LogP contribution in [-0.2, 0) is 11.2 Å². The lowest BCUT2D eigenvalue weighted by Crippen LogP contribution is -2.01. The highest BCUT2D eigenvalue weighted by atomic mass is 16.4. The Labute approximate surface area is 56.9 Å². The summed E-state index contributed by atoms with van der Waals surface area (Å²) < 4.78 is 0. The van der Waals surface area contributed by atoms with Crippen molar-refractivity contribution in [2.24, 2.45) is 0 Å². The molecule has 0 unspecified atom stereocenters. The number of aromatic nitrogens is 2. The van der Waals surface area contributed by atoms with Gasteiger partial charge in [0.1, 0.15) is 18.1 Å². The minimum atomic E-state index is -0.922. The van der Waals surface area contributed by atoms with Gasteiger partial charge in [-0.05, 0) is 0 Å². The summed E-state index contributed by atoms with van der Waals surface area (Å²) in [5.41, 5.74) is 5.22. The van der Waals surface area contributed by atoms with E-state index in [4.69, 9.17) is 10.8 Å². The smallest absolute Gasteiger partial charge is 0.311 e. The second-order valence-electron chi connectivity index (χ2n) is 1.84. The van der Waals surface area contributed by atoms with Crippen molar-refractivity contribution in [3.63, 3.8) is 0 Å². The molecule has 5 heteroatoms. The summed E-state index contributed by atoms with van der Waals surface area (Å²) in [6.07, 6.45) is 1.34. The van der Waals surface area contributed by atoms with E-state index in [2.05, 4.69) is 9.97 Å². The molecule has 1 aromatic rings. The van der Waals surface area contributed by atoms with E-state index in [-0.39, 0.29) is 6.42 Å². The molecule has 0 saturated carbocycles. The van der Waals surface area contributed by atoms with Gasteiger partial charge in [0, 0.05) is 6.20 Å². The first-order chi connectivity index (χ1) is 4.68. The molecule has 0 fully saturated rings. The summed E-state index contributed by atoms with van der Waals surface area (Å²) in [6, 6.07) is 0. The first-order valence-electron chi connectivity index (χ1n) is 2.70. The third kappa shape index (κ3) is 1.48. The highest BCUT2D eigenvalue weighted by Crippen LogP contribution is 1.97. The number of aromatic amines is 1. The second-order valence-corrected chi connectivity index (χ2v) is 1.84. The summed E-state index contributed by atoms with van der Waals surface area (Å²) in [5.74, 6) is -0.226.